The number of nitrogens with one attached hydrogen (secondary N) is 1. The molecule has 1 atom stereocenters. The Kier molecular flexibility index (Phi) is 6.65. The number of anilines is 1. The molecule has 0 fully saturated rings. The fourth-order valence-electron chi connectivity index (χ4n) is 3.53. The van der Waals surface area contributed by atoms with E-state index < -0.39 is 22.9 Å². The summed E-state index contributed by atoms with van der Waals surface area (Å²) >= 11 is 1.15. The number of aromatic nitrogens is 4. The van der Waals surface area contributed by atoms with Crippen LogP contribution in [0.5, 0.6) is 0 Å². The fraction of sp³-hybridized carbons (Fsp3) is 0.304. The number of alkyl halides is 3. The number of halogens is 3. The van der Waals surface area contributed by atoms with Gasteiger partial charge in [-0.05, 0) is 49.7 Å². The van der Waals surface area contributed by atoms with Gasteiger partial charge in [-0.15, -0.1) is 10.2 Å². The first-order chi connectivity index (χ1) is 16.2. The second-order valence-electron chi connectivity index (χ2n) is 7.77. The molecule has 11 heteroatoms. The van der Waals surface area contributed by atoms with E-state index in [0.717, 1.165) is 36.7 Å². The van der Waals surface area contributed by atoms with Crippen molar-refractivity contribution >= 4 is 40.0 Å². The second-order valence-corrected chi connectivity index (χ2v) is 9.08. The van der Waals surface area contributed by atoms with E-state index in [0.29, 0.717) is 28.4 Å². The van der Waals surface area contributed by atoms with Gasteiger partial charge in [0.25, 0.3) is 5.56 Å². The number of thioether (sulfide) groups is 1. The van der Waals surface area contributed by atoms with Crippen molar-refractivity contribution in [2.45, 2.75) is 49.8 Å². The van der Waals surface area contributed by atoms with Gasteiger partial charge in [0.1, 0.15) is 0 Å². The van der Waals surface area contributed by atoms with Crippen LogP contribution in [-0.4, -0.2) is 30.3 Å². The molecule has 7 nitrogen and oxygen atoms in total. The Labute approximate surface area is 197 Å². The van der Waals surface area contributed by atoms with E-state index in [2.05, 4.69) is 15.5 Å². The minimum atomic E-state index is -4.44. The van der Waals surface area contributed by atoms with Crippen LogP contribution in [0.3, 0.4) is 0 Å². The molecule has 1 amide bonds. The SMILES string of the molecule is CCCCn1c(=O)c2ccccc2n2c(SC(C)C(=O)Nc3ccc(C(F)(F)F)cc3)nnc12. The van der Waals surface area contributed by atoms with Crippen LogP contribution in [0.4, 0.5) is 18.9 Å². The molecule has 2 aromatic carbocycles. The minimum Gasteiger partial charge on any atom is -0.325 e. The molecule has 0 spiro atoms. The van der Waals surface area contributed by atoms with Gasteiger partial charge in [-0.25, -0.2) is 0 Å². The summed E-state index contributed by atoms with van der Waals surface area (Å²) in [6.45, 7) is 4.20. The van der Waals surface area contributed by atoms with Crippen molar-refractivity contribution in [3.63, 3.8) is 0 Å². The van der Waals surface area contributed by atoms with Crippen LogP contribution in [0, 0.1) is 0 Å². The van der Waals surface area contributed by atoms with E-state index in [1.54, 1.807) is 34.1 Å². The zero-order valence-corrected chi connectivity index (χ0v) is 19.3. The van der Waals surface area contributed by atoms with E-state index in [1.165, 1.54) is 12.1 Å². The van der Waals surface area contributed by atoms with Gasteiger partial charge in [0.15, 0.2) is 5.16 Å². The van der Waals surface area contributed by atoms with E-state index in [4.69, 9.17) is 0 Å². The molecule has 0 aliphatic rings. The number of amides is 1. The topological polar surface area (TPSA) is 81.3 Å². The highest BCUT2D eigenvalue weighted by Gasteiger charge is 2.30. The highest BCUT2D eigenvalue weighted by Crippen LogP contribution is 2.30. The van der Waals surface area contributed by atoms with Gasteiger partial charge in [0.05, 0.1) is 21.7 Å². The minimum absolute atomic E-state index is 0.145. The van der Waals surface area contributed by atoms with E-state index in [-0.39, 0.29) is 11.2 Å². The summed E-state index contributed by atoms with van der Waals surface area (Å²) in [5, 5.41) is 11.4. The fourth-order valence-corrected chi connectivity index (χ4v) is 4.38. The molecule has 4 rings (SSSR count). The Balaban J connectivity index is 1.62. The Morgan fingerprint density at radius 2 is 1.82 bits per heavy atom. The molecular weight excluding hydrogens is 467 g/mol. The number of unbranched alkanes of at least 4 members (excludes halogenated alkanes) is 1. The van der Waals surface area contributed by atoms with Crippen LogP contribution in [0.1, 0.15) is 32.3 Å². The van der Waals surface area contributed by atoms with Crippen LogP contribution in [0.25, 0.3) is 16.7 Å². The van der Waals surface area contributed by atoms with Crippen molar-refractivity contribution < 1.29 is 18.0 Å². The predicted octanol–water partition coefficient (Wildman–Crippen LogP) is 4.98. The van der Waals surface area contributed by atoms with E-state index in [1.807, 2.05) is 13.0 Å². The zero-order chi connectivity index (χ0) is 24.5. The molecule has 2 aromatic heterocycles. The van der Waals surface area contributed by atoms with Gasteiger partial charge in [0, 0.05) is 12.2 Å². The van der Waals surface area contributed by atoms with Gasteiger partial charge in [-0.2, -0.15) is 13.2 Å². The molecule has 0 aliphatic heterocycles. The Hall–Kier alpha value is -3.34. The Morgan fingerprint density at radius 1 is 1.12 bits per heavy atom. The number of rotatable bonds is 7. The number of hydrogen-bond acceptors (Lipinski definition) is 5. The number of para-hydroxylation sites is 1. The van der Waals surface area contributed by atoms with Crippen molar-refractivity contribution in [1.82, 2.24) is 19.2 Å². The quantitative estimate of drug-likeness (QED) is 0.370. The normalized spacial score (nSPS) is 12.9. The molecule has 4 aromatic rings. The van der Waals surface area contributed by atoms with Crippen molar-refractivity contribution in [3.8, 4) is 0 Å². The maximum absolute atomic E-state index is 13.0. The average molecular weight is 490 g/mol. The molecule has 2 heterocycles. The summed E-state index contributed by atoms with van der Waals surface area (Å²) in [5.74, 6) is 0.000108. The van der Waals surface area contributed by atoms with Gasteiger partial charge in [-0.3, -0.25) is 18.6 Å². The van der Waals surface area contributed by atoms with Crippen molar-refractivity contribution in [3.05, 3.63) is 64.4 Å². The predicted molar refractivity (Wildman–Crippen MR) is 125 cm³/mol. The molecule has 0 bridgehead atoms. The van der Waals surface area contributed by atoms with Crippen LogP contribution in [0.15, 0.2) is 58.5 Å². The first kappa shape index (κ1) is 23.8. The van der Waals surface area contributed by atoms with E-state index >= 15 is 0 Å². The summed E-state index contributed by atoms with van der Waals surface area (Å²) in [7, 11) is 0. The van der Waals surface area contributed by atoms with Gasteiger partial charge in [0.2, 0.25) is 11.7 Å². The lowest BCUT2D eigenvalue weighted by Crippen LogP contribution is -2.24. The third-order valence-corrected chi connectivity index (χ3v) is 6.39. The molecule has 0 radical (unpaired) electrons. The van der Waals surface area contributed by atoms with Crippen LogP contribution in [-0.2, 0) is 17.5 Å². The number of fused-ring (bicyclic) bond motifs is 3. The molecule has 1 N–H and O–H groups in total. The maximum Gasteiger partial charge on any atom is 0.416 e. The van der Waals surface area contributed by atoms with Gasteiger partial charge >= 0.3 is 6.18 Å². The second kappa shape index (κ2) is 9.49. The van der Waals surface area contributed by atoms with Crippen LogP contribution >= 0.6 is 11.8 Å². The third-order valence-electron chi connectivity index (χ3n) is 5.34. The summed E-state index contributed by atoms with van der Waals surface area (Å²) < 4.78 is 41.6. The van der Waals surface area contributed by atoms with Crippen molar-refractivity contribution in [1.29, 1.82) is 0 Å². The highest BCUT2D eigenvalue weighted by atomic mass is 32.2. The lowest BCUT2D eigenvalue weighted by Gasteiger charge is -2.13. The number of aryl methyl sites for hydroxylation is 1. The van der Waals surface area contributed by atoms with E-state index in [9.17, 15) is 22.8 Å². The first-order valence-electron chi connectivity index (χ1n) is 10.7. The average Bonchev–Trinajstić information content (AvgIpc) is 3.22. The maximum atomic E-state index is 13.0. The first-order valence-corrected chi connectivity index (χ1v) is 11.6. The summed E-state index contributed by atoms with van der Waals surface area (Å²) in [5.41, 5.74) is -0.0362. The molecule has 0 saturated heterocycles. The smallest absolute Gasteiger partial charge is 0.325 e. The highest BCUT2D eigenvalue weighted by molar-refractivity contribution is 8.00. The monoisotopic (exact) mass is 489 g/mol. The molecule has 0 saturated carbocycles. The Morgan fingerprint density at radius 3 is 2.50 bits per heavy atom. The van der Waals surface area contributed by atoms with Crippen molar-refractivity contribution in [2.75, 3.05) is 5.32 Å². The number of hydrogen-bond donors (Lipinski definition) is 1. The number of carbonyl (C=O) groups is 1. The van der Waals surface area contributed by atoms with Gasteiger partial charge < -0.3 is 5.32 Å². The molecule has 0 aliphatic carbocycles. The summed E-state index contributed by atoms with van der Waals surface area (Å²) in [6, 6.07) is 11.4. The number of benzene rings is 2. The third kappa shape index (κ3) is 4.65. The van der Waals surface area contributed by atoms with Crippen LogP contribution < -0.4 is 10.9 Å². The largest absolute Gasteiger partial charge is 0.416 e. The lowest BCUT2D eigenvalue weighted by atomic mass is 10.2. The molecule has 178 valence electrons. The number of nitrogens with zero attached hydrogens (tertiary/aromatic N) is 4. The van der Waals surface area contributed by atoms with Crippen molar-refractivity contribution in [2.24, 2.45) is 0 Å². The molecule has 34 heavy (non-hydrogen) atoms. The standard InChI is InChI=1S/C23H22F3N5O2S/c1-3-4-13-30-20(33)17-7-5-6-8-18(17)31-21(30)28-29-22(31)34-14(2)19(32)27-16-11-9-15(10-12-16)23(24,25)26/h5-12,14H,3-4,13H2,1-2H3,(H,27,32). The molecular formula is C23H22F3N5O2S. The molecule has 1 unspecified atom stereocenters. The number of carbonyl (C=O) groups excluding carboxylic acids is 1. The van der Waals surface area contributed by atoms with Crippen LogP contribution in [0.2, 0.25) is 0 Å². The Bertz CT molecular complexity index is 1400. The summed E-state index contributed by atoms with van der Waals surface area (Å²) in [6.07, 6.45) is -2.74. The lowest BCUT2D eigenvalue weighted by molar-refractivity contribution is -0.137. The van der Waals surface area contributed by atoms with Gasteiger partial charge in [-0.1, -0.05) is 37.2 Å². The summed E-state index contributed by atoms with van der Waals surface area (Å²) in [4.78, 5) is 25.7. The zero-order valence-electron chi connectivity index (χ0n) is 18.5.